The third-order valence-corrected chi connectivity index (χ3v) is 0.736. The second-order valence-electron chi connectivity index (χ2n) is 1.49. The number of methoxy groups -OCH3 is 2. The van der Waals surface area contributed by atoms with Gasteiger partial charge in [-0.05, 0) is 24.4 Å². The summed E-state index contributed by atoms with van der Waals surface area (Å²) in [6.07, 6.45) is 0. The van der Waals surface area contributed by atoms with Crippen molar-refractivity contribution in [3.05, 3.63) is 0 Å². The van der Waals surface area contributed by atoms with Crippen LogP contribution in [0.25, 0.3) is 0 Å². The Balaban J connectivity index is -0.000000144. The molecule has 0 atom stereocenters. The first-order valence-corrected chi connectivity index (χ1v) is 5.12. The topological polar surface area (TPSA) is 145 Å². The Morgan fingerprint density at radius 2 is 1.13 bits per heavy atom. The molecule has 0 aliphatic carbocycles. The summed E-state index contributed by atoms with van der Waals surface area (Å²) in [4.78, 5) is 0. The lowest BCUT2D eigenvalue weighted by atomic mass is 11.3. The lowest BCUT2D eigenvalue weighted by Gasteiger charge is -1.85. The van der Waals surface area contributed by atoms with Crippen molar-refractivity contribution in [1.82, 2.24) is 0 Å². The molecule has 0 aromatic rings. The summed E-state index contributed by atoms with van der Waals surface area (Å²) in [6.45, 7) is 0. The Morgan fingerprint density at radius 1 is 1.07 bits per heavy atom. The second-order valence-corrected chi connectivity index (χ2v) is 3.19. The van der Waals surface area contributed by atoms with E-state index in [0.29, 0.717) is 0 Å². The first-order chi connectivity index (χ1) is 6.54. The standard InChI is InChI=1S/2C2H5NOS.H2O4S/c2*1-4-2(3)5;1-5(2,3)4/h2*1H3,(H2,3,5);(H2,1,2,3,4). The molecule has 0 spiro atoms. The average Bonchev–Trinajstić information content (AvgIpc) is 2.02. The number of ether oxygens (including phenoxy) is 2. The summed E-state index contributed by atoms with van der Waals surface area (Å²) >= 11 is 8.50. The van der Waals surface area contributed by atoms with Crippen molar-refractivity contribution < 1.29 is 27.0 Å². The predicted molar refractivity (Wildman–Crippen MR) is 61.8 cm³/mol. The maximum absolute atomic E-state index is 8.74. The Kier molecular flexibility index (Phi) is 14.9. The fourth-order valence-electron chi connectivity index (χ4n) is 0. The van der Waals surface area contributed by atoms with Gasteiger partial charge in [-0.2, -0.15) is 8.42 Å². The zero-order chi connectivity index (χ0) is 13.1. The summed E-state index contributed by atoms with van der Waals surface area (Å²) < 4.78 is 40.1. The van der Waals surface area contributed by atoms with Crippen molar-refractivity contribution in [2.45, 2.75) is 0 Å². The minimum atomic E-state index is -4.67. The smallest absolute Gasteiger partial charge is 0.394 e. The number of nitrogens with two attached hydrogens (primary N) is 2. The molecule has 0 rings (SSSR count). The van der Waals surface area contributed by atoms with Crippen molar-refractivity contribution in [1.29, 1.82) is 0 Å². The molecule has 11 heteroatoms. The molecule has 15 heavy (non-hydrogen) atoms. The molecule has 0 aliphatic heterocycles. The fourth-order valence-corrected chi connectivity index (χ4v) is 0. The molecule has 0 heterocycles. The van der Waals surface area contributed by atoms with Crippen LogP contribution in [0.4, 0.5) is 0 Å². The molecule has 0 aromatic carbocycles. The van der Waals surface area contributed by atoms with E-state index in [1.165, 1.54) is 14.2 Å². The van der Waals surface area contributed by atoms with Gasteiger partial charge in [0.25, 0.3) is 10.3 Å². The van der Waals surface area contributed by atoms with Crippen LogP contribution in [0.5, 0.6) is 0 Å². The number of hydrogen-bond donors (Lipinski definition) is 4. The van der Waals surface area contributed by atoms with Gasteiger partial charge in [0.2, 0.25) is 0 Å². The second kappa shape index (κ2) is 11.3. The van der Waals surface area contributed by atoms with Crippen molar-refractivity contribution in [2.75, 3.05) is 14.2 Å². The Morgan fingerprint density at radius 3 is 1.13 bits per heavy atom. The van der Waals surface area contributed by atoms with E-state index < -0.39 is 10.4 Å². The number of thiocarbonyl (C=S) groups is 2. The molecule has 8 nitrogen and oxygen atoms in total. The first kappa shape index (κ1) is 19.8. The van der Waals surface area contributed by atoms with Crippen LogP contribution in [0.1, 0.15) is 0 Å². The van der Waals surface area contributed by atoms with Gasteiger partial charge in [0.1, 0.15) is 0 Å². The SMILES string of the molecule is COC(N)=S.COC(N)=S.O=S(=O)(O)O. The van der Waals surface area contributed by atoms with E-state index in [2.05, 4.69) is 33.9 Å². The van der Waals surface area contributed by atoms with E-state index in [1.807, 2.05) is 0 Å². The van der Waals surface area contributed by atoms with Crippen molar-refractivity contribution >= 4 is 45.2 Å². The molecule has 0 unspecified atom stereocenters. The van der Waals surface area contributed by atoms with Crippen LogP contribution in [0.2, 0.25) is 0 Å². The fraction of sp³-hybridized carbons (Fsp3) is 0.500. The molecular formula is C4H12N2O6S3. The Bertz CT molecular complexity index is 254. The molecule has 0 aliphatic rings. The molecule has 6 N–H and O–H groups in total. The highest BCUT2D eigenvalue weighted by Crippen LogP contribution is 1.59. The molecule has 0 saturated carbocycles. The van der Waals surface area contributed by atoms with Gasteiger partial charge in [-0.3, -0.25) is 9.11 Å². The maximum atomic E-state index is 8.74. The Hall–Kier alpha value is -0.750. The van der Waals surface area contributed by atoms with E-state index in [1.54, 1.807) is 0 Å². The molecule has 0 amide bonds. The van der Waals surface area contributed by atoms with Gasteiger partial charge in [0, 0.05) is 0 Å². The van der Waals surface area contributed by atoms with Gasteiger partial charge in [-0.15, -0.1) is 0 Å². The van der Waals surface area contributed by atoms with Crippen LogP contribution >= 0.6 is 24.4 Å². The monoisotopic (exact) mass is 280 g/mol. The largest absolute Gasteiger partial charge is 0.475 e. The van der Waals surface area contributed by atoms with Crippen LogP contribution in [0, 0.1) is 0 Å². The molecule has 0 aromatic heterocycles. The normalized spacial score (nSPS) is 8.27. The van der Waals surface area contributed by atoms with E-state index >= 15 is 0 Å². The van der Waals surface area contributed by atoms with Gasteiger partial charge in [-0.25, -0.2) is 0 Å². The first-order valence-electron chi connectivity index (χ1n) is 2.91. The summed E-state index contributed by atoms with van der Waals surface area (Å²) in [5.41, 5.74) is 9.60. The van der Waals surface area contributed by atoms with Crippen LogP contribution in [-0.2, 0) is 19.9 Å². The highest BCUT2D eigenvalue weighted by atomic mass is 32.3. The summed E-state index contributed by atoms with van der Waals surface area (Å²) in [5, 5.41) is 0.176. The van der Waals surface area contributed by atoms with E-state index in [4.69, 9.17) is 29.0 Å². The van der Waals surface area contributed by atoms with Gasteiger partial charge >= 0.3 is 10.4 Å². The Labute approximate surface area is 98.1 Å². The molecule has 0 saturated heterocycles. The van der Waals surface area contributed by atoms with E-state index in [9.17, 15) is 0 Å². The van der Waals surface area contributed by atoms with Crippen LogP contribution in [-0.4, -0.2) is 42.1 Å². The van der Waals surface area contributed by atoms with Crippen LogP contribution in [0.15, 0.2) is 0 Å². The quantitative estimate of drug-likeness (QED) is 0.325. The van der Waals surface area contributed by atoms with Gasteiger partial charge < -0.3 is 20.9 Å². The summed E-state index contributed by atoms with van der Waals surface area (Å²) in [6, 6.07) is 0. The average molecular weight is 280 g/mol. The number of hydrogen-bond acceptors (Lipinski definition) is 6. The molecule has 0 fully saturated rings. The van der Waals surface area contributed by atoms with Crippen LogP contribution < -0.4 is 11.5 Å². The molecular weight excluding hydrogens is 268 g/mol. The third kappa shape index (κ3) is 159. The third-order valence-electron chi connectivity index (χ3n) is 0.402. The van der Waals surface area contributed by atoms with Crippen molar-refractivity contribution in [3.63, 3.8) is 0 Å². The van der Waals surface area contributed by atoms with Gasteiger partial charge in [-0.1, -0.05) is 0 Å². The lowest BCUT2D eigenvalue weighted by Crippen LogP contribution is -2.08. The predicted octanol–water partition coefficient (Wildman–Crippen LogP) is -0.900. The van der Waals surface area contributed by atoms with Crippen molar-refractivity contribution in [3.8, 4) is 0 Å². The lowest BCUT2D eigenvalue weighted by molar-refractivity contribution is 0.381. The van der Waals surface area contributed by atoms with E-state index in [0.717, 1.165) is 0 Å². The highest BCUT2D eigenvalue weighted by molar-refractivity contribution is 7.80. The van der Waals surface area contributed by atoms with Crippen LogP contribution in [0.3, 0.4) is 0 Å². The summed E-state index contributed by atoms with van der Waals surface area (Å²) in [7, 11) is -1.80. The minimum Gasteiger partial charge on any atom is -0.475 e. The minimum absolute atomic E-state index is 0.0880. The zero-order valence-corrected chi connectivity index (χ0v) is 10.4. The van der Waals surface area contributed by atoms with Gasteiger partial charge in [0.05, 0.1) is 14.2 Å². The van der Waals surface area contributed by atoms with E-state index in [-0.39, 0.29) is 10.3 Å². The molecule has 92 valence electrons. The molecule has 0 radical (unpaired) electrons. The summed E-state index contributed by atoms with van der Waals surface area (Å²) in [5.74, 6) is 0. The highest BCUT2D eigenvalue weighted by Gasteiger charge is 1.84. The maximum Gasteiger partial charge on any atom is 0.394 e. The molecule has 0 bridgehead atoms. The zero-order valence-electron chi connectivity index (χ0n) is 7.91. The van der Waals surface area contributed by atoms with Crippen molar-refractivity contribution in [2.24, 2.45) is 11.5 Å². The van der Waals surface area contributed by atoms with Gasteiger partial charge in [0.15, 0.2) is 0 Å². The number of rotatable bonds is 0.